The zero-order valence-electron chi connectivity index (χ0n) is 16.8. The number of hydrogen-bond donors (Lipinski definition) is 1. The number of hydrogen-bond acceptors (Lipinski definition) is 4. The molecule has 0 radical (unpaired) electrons. The van der Waals surface area contributed by atoms with Crippen LogP contribution in [0.4, 0.5) is 13.2 Å². The van der Waals surface area contributed by atoms with Gasteiger partial charge < -0.3 is 4.90 Å². The summed E-state index contributed by atoms with van der Waals surface area (Å²) in [6.07, 6.45) is -3.53. The van der Waals surface area contributed by atoms with Crippen LogP contribution in [0.5, 0.6) is 0 Å². The molecule has 10 heteroatoms. The predicted molar refractivity (Wildman–Crippen MR) is 109 cm³/mol. The number of halogens is 3. The Hall–Kier alpha value is -2.43. The van der Waals surface area contributed by atoms with E-state index in [1.54, 1.807) is 17.0 Å². The van der Waals surface area contributed by atoms with Crippen molar-refractivity contribution in [3.05, 3.63) is 65.2 Å². The summed E-state index contributed by atoms with van der Waals surface area (Å²) < 4.78 is 60.5. The van der Waals surface area contributed by atoms with E-state index >= 15 is 0 Å². The van der Waals surface area contributed by atoms with Crippen LogP contribution >= 0.6 is 0 Å². The maximum Gasteiger partial charge on any atom is 0.416 e. The molecule has 1 saturated heterocycles. The minimum Gasteiger partial charge on any atom is -0.340 e. The smallest absolute Gasteiger partial charge is 0.340 e. The first-order valence-electron chi connectivity index (χ1n) is 9.80. The SMILES string of the molecule is NS(=O)(=O)c1ccc(CCC(=O)N2CCN(Cc3ccc(C(F)(F)F)cc3)CC2)cc1. The van der Waals surface area contributed by atoms with Gasteiger partial charge >= 0.3 is 6.18 Å². The van der Waals surface area contributed by atoms with E-state index in [4.69, 9.17) is 5.14 Å². The number of sulfonamides is 1. The fourth-order valence-electron chi connectivity index (χ4n) is 3.47. The molecule has 1 amide bonds. The van der Waals surface area contributed by atoms with Crippen molar-refractivity contribution in [2.45, 2.75) is 30.5 Å². The Morgan fingerprint density at radius 1 is 0.903 bits per heavy atom. The highest BCUT2D eigenvalue weighted by atomic mass is 32.2. The van der Waals surface area contributed by atoms with E-state index in [-0.39, 0.29) is 10.8 Å². The molecule has 0 unspecified atom stereocenters. The van der Waals surface area contributed by atoms with E-state index in [0.717, 1.165) is 23.3 Å². The molecule has 1 aliphatic heterocycles. The quantitative estimate of drug-likeness (QED) is 0.726. The van der Waals surface area contributed by atoms with Crippen molar-refractivity contribution < 1.29 is 26.4 Å². The molecule has 0 spiro atoms. The fourth-order valence-corrected chi connectivity index (χ4v) is 3.98. The van der Waals surface area contributed by atoms with Crippen LogP contribution < -0.4 is 5.14 Å². The van der Waals surface area contributed by atoms with Crippen LogP contribution in [0.15, 0.2) is 53.4 Å². The summed E-state index contributed by atoms with van der Waals surface area (Å²) in [5, 5.41) is 5.07. The normalized spacial score (nSPS) is 15.8. The minimum absolute atomic E-state index is 0.0182. The summed E-state index contributed by atoms with van der Waals surface area (Å²) in [7, 11) is -3.73. The molecule has 0 bridgehead atoms. The van der Waals surface area contributed by atoms with Gasteiger partial charge in [0.1, 0.15) is 0 Å². The Kier molecular flexibility index (Phi) is 7.03. The van der Waals surface area contributed by atoms with Gasteiger partial charge in [-0.25, -0.2) is 13.6 Å². The number of piperazine rings is 1. The Bertz CT molecular complexity index is 999. The number of alkyl halides is 3. The van der Waals surface area contributed by atoms with Gasteiger partial charge in [0.15, 0.2) is 0 Å². The molecule has 1 fully saturated rings. The monoisotopic (exact) mass is 455 g/mol. The summed E-state index contributed by atoms with van der Waals surface area (Å²) in [4.78, 5) is 16.4. The van der Waals surface area contributed by atoms with Crippen molar-refractivity contribution in [2.24, 2.45) is 5.14 Å². The van der Waals surface area contributed by atoms with Gasteiger partial charge in [0, 0.05) is 39.1 Å². The van der Waals surface area contributed by atoms with E-state index in [1.807, 2.05) is 0 Å². The molecule has 1 heterocycles. The number of carbonyl (C=O) groups excluding carboxylic acids is 1. The molecule has 0 aliphatic carbocycles. The summed E-state index contributed by atoms with van der Waals surface area (Å²) in [6, 6.07) is 11.3. The number of aryl methyl sites for hydroxylation is 1. The average Bonchev–Trinajstić information content (AvgIpc) is 2.72. The third kappa shape index (κ3) is 6.52. The second-order valence-corrected chi connectivity index (χ2v) is 9.10. The van der Waals surface area contributed by atoms with Crippen LogP contribution in [-0.2, 0) is 34.0 Å². The lowest BCUT2D eigenvalue weighted by molar-refractivity contribution is -0.137. The first-order chi connectivity index (χ1) is 14.5. The Morgan fingerprint density at radius 2 is 1.45 bits per heavy atom. The van der Waals surface area contributed by atoms with E-state index in [1.165, 1.54) is 24.3 Å². The van der Waals surface area contributed by atoms with Gasteiger partial charge in [0.25, 0.3) is 0 Å². The van der Waals surface area contributed by atoms with Gasteiger partial charge in [-0.3, -0.25) is 9.69 Å². The molecule has 2 aromatic carbocycles. The first kappa shape index (κ1) is 23.2. The summed E-state index contributed by atoms with van der Waals surface area (Å²) in [5.41, 5.74) is 0.989. The van der Waals surface area contributed by atoms with Gasteiger partial charge in [0.05, 0.1) is 10.5 Å². The average molecular weight is 456 g/mol. The summed E-state index contributed by atoms with van der Waals surface area (Å²) >= 11 is 0. The van der Waals surface area contributed by atoms with Gasteiger partial charge in [0.2, 0.25) is 15.9 Å². The Morgan fingerprint density at radius 3 is 1.97 bits per heavy atom. The van der Waals surface area contributed by atoms with E-state index in [0.29, 0.717) is 45.6 Å². The predicted octanol–water partition coefficient (Wildman–Crippen LogP) is 2.63. The first-order valence-corrected chi connectivity index (χ1v) is 11.3. The Balaban J connectivity index is 1.44. The molecule has 0 atom stereocenters. The molecule has 3 rings (SSSR count). The lowest BCUT2D eigenvalue weighted by Gasteiger charge is -2.35. The highest BCUT2D eigenvalue weighted by molar-refractivity contribution is 7.89. The molecule has 2 N–H and O–H groups in total. The molecule has 2 aromatic rings. The van der Waals surface area contributed by atoms with Gasteiger partial charge in [-0.2, -0.15) is 13.2 Å². The number of nitrogens with zero attached hydrogens (tertiary/aromatic N) is 2. The standard InChI is InChI=1S/C21H24F3N3O3S/c22-21(23,24)18-6-1-17(2-7-18)15-26-11-13-27(14-12-26)20(28)10-5-16-3-8-19(9-4-16)31(25,29)30/h1-4,6-9H,5,10-15H2,(H2,25,29,30). The molecular formula is C21H24F3N3O3S. The molecule has 168 valence electrons. The van der Waals surface area contributed by atoms with Crippen molar-refractivity contribution in [2.75, 3.05) is 26.2 Å². The molecule has 6 nitrogen and oxygen atoms in total. The topological polar surface area (TPSA) is 83.7 Å². The van der Waals surface area contributed by atoms with Gasteiger partial charge in [-0.05, 0) is 41.8 Å². The van der Waals surface area contributed by atoms with Crippen molar-refractivity contribution in [3.8, 4) is 0 Å². The number of benzene rings is 2. The number of nitrogens with two attached hydrogens (primary N) is 1. The number of rotatable bonds is 6. The zero-order valence-corrected chi connectivity index (χ0v) is 17.6. The second kappa shape index (κ2) is 9.37. The third-order valence-corrected chi connectivity index (χ3v) is 6.22. The highest BCUT2D eigenvalue weighted by Gasteiger charge is 2.30. The molecular weight excluding hydrogens is 431 g/mol. The second-order valence-electron chi connectivity index (χ2n) is 7.54. The van der Waals surface area contributed by atoms with Crippen LogP contribution in [0.1, 0.15) is 23.1 Å². The number of carbonyl (C=O) groups is 1. The maximum absolute atomic E-state index is 12.7. The van der Waals surface area contributed by atoms with Gasteiger partial charge in [-0.1, -0.05) is 24.3 Å². The largest absolute Gasteiger partial charge is 0.416 e. The lowest BCUT2D eigenvalue weighted by atomic mass is 10.1. The van der Waals surface area contributed by atoms with Crippen molar-refractivity contribution in [1.82, 2.24) is 9.80 Å². The van der Waals surface area contributed by atoms with Crippen LogP contribution in [0.25, 0.3) is 0 Å². The Labute approximate surface area is 179 Å². The van der Waals surface area contributed by atoms with E-state index in [9.17, 15) is 26.4 Å². The van der Waals surface area contributed by atoms with Gasteiger partial charge in [-0.15, -0.1) is 0 Å². The molecule has 0 aromatic heterocycles. The maximum atomic E-state index is 12.7. The fraction of sp³-hybridized carbons (Fsp3) is 0.381. The van der Waals surface area contributed by atoms with Crippen molar-refractivity contribution >= 4 is 15.9 Å². The summed E-state index contributed by atoms with van der Waals surface area (Å²) in [5.74, 6) is 0.0182. The van der Waals surface area contributed by atoms with Crippen molar-refractivity contribution in [1.29, 1.82) is 0 Å². The van der Waals surface area contributed by atoms with E-state index in [2.05, 4.69) is 4.90 Å². The van der Waals surface area contributed by atoms with Crippen LogP contribution in [0, 0.1) is 0 Å². The third-order valence-electron chi connectivity index (χ3n) is 5.29. The molecule has 0 saturated carbocycles. The summed E-state index contributed by atoms with van der Waals surface area (Å²) in [6.45, 7) is 2.95. The number of primary sulfonamides is 1. The van der Waals surface area contributed by atoms with Crippen LogP contribution in [0.2, 0.25) is 0 Å². The van der Waals surface area contributed by atoms with Crippen LogP contribution in [0.3, 0.4) is 0 Å². The number of amides is 1. The highest BCUT2D eigenvalue weighted by Crippen LogP contribution is 2.29. The lowest BCUT2D eigenvalue weighted by Crippen LogP contribution is -2.48. The van der Waals surface area contributed by atoms with Crippen molar-refractivity contribution in [3.63, 3.8) is 0 Å². The zero-order chi connectivity index (χ0) is 22.6. The minimum atomic E-state index is -4.34. The van der Waals surface area contributed by atoms with Crippen LogP contribution in [-0.4, -0.2) is 50.3 Å². The molecule has 31 heavy (non-hydrogen) atoms. The van der Waals surface area contributed by atoms with E-state index < -0.39 is 21.8 Å². The molecule has 1 aliphatic rings.